The van der Waals surface area contributed by atoms with Gasteiger partial charge in [0.25, 0.3) is 0 Å². The second-order valence-electron chi connectivity index (χ2n) is 4.69. The summed E-state index contributed by atoms with van der Waals surface area (Å²) in [5, 5.41) is 19.9. The van der Waals surface area contributed by atoms with Crippen LogP contribution in [0.15, 0.2) is 41.0 Å². The maximum atomic E-state index is 10.2. The summed E-state index contributed by atoms with van der Waals surface area (Å²) in [6.45, 7) is 0. The summed E-state index contributed by atoms with van der Waals surface area (Å²) in [5.74, 6) is 0.314. The largest absolute Gasteiger partial charge is 0.506 e. The van der Waals surface area contributed by atoms with Gasteiger partial charge in [-0.3, -0.25) is 0 Å². The minimum Gasteiger partial charge on any atom is -0.506 e. The number of benzene rings is 1. The molecule has 0 aliphatic heterocycles. The number of nitriles is 1. The molecule has 3 N–H and O–H groups in total. The van der Waals surface area contributed by atoms with Crippen molar-refractivity contribution in [2.75, 3.05) is 5.73 Å². The van der Waals surface area contributed by atoms with Crippen LogP contribution in [0.5, 0.6) is 5.75 Å². The lowest BCUT2D eigenvalue weighted by Crippen LogP contribution is -1.99. The lowest BCUT2D eigenvalue weighted by Gasteiger charge is -2.10. The van der Waals surface area contributed by atoms with E-state index in [9.17, 15) is 10.4 Å². The Kier molecular flexibility index (Phi) is 3.87. The van der Waals surface area contributed by atoms with Gasteiger partial charge >= 0.3 is 0 Å². The van der Waals surface area contributed by atoms with Gasteiger partial charge in [0.15, 0.2) is 0 Å². The summed E-state index contributed by atoms with van der Waals surface area (Å²) in [5.41, 5.74) is 7.18. The maximum absolute atomic E-state index is 10.2. The van der Waals surface area contributed by atoms with E-state index in [0.717, 1.165) is 0 Å². The third kappa shape index (κ3) is 2.70. The number of phenolic OH excluding ortho intramolecular Hbond substituents is 1. The molecular weight excluding hydrogens is 337 g/mol. The van der Waals surface area contributed by atoms with Crippen LogP contribution >= 0.6 is 23.2 Å². The van der Waals surface area contributed by atoms with E-state index in [1.165, 1.54) is 18.4 Å². The fraction of sp³-hybridized carbons (Fsp3) is 0. The molecule has 0 fully saturated rings. The summed E-state index contributed by atoms with van der Waals surface area (Å²) in [6, 6.07) is 9.93. The van der Waals surface area contributed by atoms with Gasteiger partial charge in [-0.15, -0.1) is 0 Å². The third-order valence-electron chi connectivity index (χ3n) is 3.25. The number of anilines is 1. The molecule has 114 valence electrons. The number of phenols is 1. The molecule has 0 saturated carbocycles. The van der Waals surface area contributed by atoms with Crippen LogP contribution in [0, 0.1) is 11.3 Å². The van der Waals surface area contributed by atoms with Crippen LogP contribution in [-0.4, -0.2) is 10.1 Å². The monoisotopic (exact) mass is 345 g/mol. The maximum Gasteiger partial charge on any atom is 0.143 e. The number of furan rings is 1. The highest BCUT2D eigenvalue weighted by atomic mass is 35.5. The molecule has 3 aromatic rings. The number of rotatable bonds is 2. The van der Waals surface area contributed by atoms with E-state index in [-0.39, 0.29) is 22.2 Å². The predicted molar refractivity (Wildman–Crippen MR) is 88.2 cm³/mol. The van der Waals surface area contributed by atoms with E-state index in [1.807, 2.05) is 6.07 Å². The van der Waals surface area contributed by atoms with E-state index in [4.69, 9.17) is 33.4 Å². The lowest BCUT2D eigenvalue weighted by atomic mass is 10.0. The van der Waals surface area contributed by atoms with Crippen molar-refractivity contribution in [2.45, 2.75) is 0 Å². The van der Waals surface area contributed by atoms with Crippen LogP contribution in [0.2, 0.25) is 10.0 Å². The van der Waals surface area contributed by atoms with Crippen LogP contribution in [0.4, 0.5) is 5.82 Å². The van der Waals surface area contributed by atoms with Crippen molar-refractivity contribution in [3.63, 3.8) is 0 Å². The first-order chi connectivity index (χ1) is 11.0. The van der Waals surface area contributed by atoms with Gasteiger partial charge < -0.3 is 15.3 Å². The van der Waals surface area contributed by atoms with Crippen molar-refractivity contribution in [3.05, 3.63) is 52.2 Å². The molecule has 2 heterocycles. The van der Waals surface area contributed by atoms with Gasteiger partial charge in [0, 0.05) is 16.1 Å². The smallest absolute Gasteiger partial charge is 0.143 e. The van der Waals surface area contributed by atoms with Gasteiger partial charge in [0.05, 0.1) is 17.0 Å². The van der Waals surface area contributed by atoms with Crippen LogP contribution in [0.3, 0.4) is 0 Å². The highest BCUT2D eigenvalue weighted by Gasteiger charge is 2.18. The third-order valence-corrected chi connectivity index (χ3v) is 3.76. The molecule has 1 aromatic carbocycles. The standard InChI is InChI=1S/C16H9Cl2N3O2/c17-8-4-10(15(22)12(18)5-8)13-6-9(14-2-1-3-23-14)11(7-19)16(20)21-13/h1-6,22H,(H2,20,21). The van der Waals surface area contributed by atoms with E-state index in [1.54, 1.807) is 18.2 Å². The van der Waals surface area contributed by atoms with E-state index >= 15 is 0 Å². The van der Waals surface area contributed by atoms with Crippen molar-refractivity contribution in [2.24, 2.45) is 0 Å². The van der Waals surface area contributed by atoms with Crippen LogP contribution in [0.25, 0.3) is 22.6 Å². The Morgan fingerprint density at radius 3 is 2.65 bits per heavy atom. The molecular formula is C16H9Cl2N3O2. The van der Waals surface area contributed by atoms with E-state index < -0.39 is 0 Å². The number of aromatic nitrogens is 1. The first-order valence-electron chi connectivity index (χ1n) is 6.44. The average molecular weight is 346 g/mol. The number of halogens is 2. The molecule has 0 saturated heterocycles. The van der Waals surface area contributed by atoms with Crippen LogP contribution in [-0.2, 0) is 0 Å². The van der Waals surface area contributed by atoms with Crippen LogP contribution in [0.1, 0.15) is 5.56 Å². The SMILES string of the molecule is N#Cc1c(-c2ccco2)cc(-c2cc(Cl)cc(Cl)c2O)nc1N. The highest BCUT2D eigenvalue weighted by molar-refractivity contribution is 6.36. The number of hydrogen-bond donors (Lipinski definition) is 2. The van der Waals surface area contributed by atoms with Gasteiger partial charge in [-0.25, -0.2) is 4.98 Å². The fourth-order valence-corrected chi connectivity index (χ4v) is 2.70. The molecule has 0 spiro atoms. The highest BCUT2D eigenvalue weighted by Crippen LogP contribution is 2.39. The van der Waals surface area contributed by atoms with Crippen molar-refractivity contribution in [1.29, 1.82) is 5.26 Å². The minimum absolute atomic E-state index is 0.0203. The van der Waals surface area contributed by atoms with E-state index in [0.29, 0.717) is 27.6 Å². The van der Waals surface area contributed by atoms with Crippen LogP contribution < -0.4 is 5.73 Å². The van der Waals surface area contributed by atoms with Gasteiger partial charge in [-0.1, -0.05) is 23.2 Å². The minimum atomic E-state index is -0.168. The topological polar surface area (TPSA) is 96.1 Å². The van der Waals surface area contributed by atoms with Crippen molar-refractivity contribution in [1.82, 2.24) is 4.98 Å². The summed E-state index contributed by atoms with van der Waals surface area (Å²) >= 11 is 11.9. The second kappa shape index (κ2) is 5.84. The van der Waals surface area contributed by atoms with Gasteiger partial charge in [-0.2, -0.15) is 5.26 Å². The lowest BCUT2D eigenvalue weighted by molar-refractivity contribution is 0.477. The second-order valence-corrected chi connectivity index (χ2v) is 5.53. The Morgan fingerprint density at radius 1 is 1.22 bits per heavy atom. The zero-order valence-electron chi connectivity index (χ0n) is 11.5. The number of hydrogen-bond acceptors (Lipinski definition) is 5. The summed E-state index contributed by atoms with van der Waals surface area (Å²) in [6.07, 6.45) is 1.49. The zero-order chi connectivity index (χ0) is 16.6. The Balaban J connectivity index is 2.29. The first kappa shape index (κ1) is 15.2. The summed E-state index contributed by atoms with van der Waals surface area (Å²) in [4.78, 5) is 4.16. The number of pyridine rings is 1. The molecule has 0 aliphatic carbocycles. The van der Waals surface area contributed by atoms with Crippen molar-refractivity contribution >= 4 is 29.0 Å². The number of nitrogens with two attached hydrogens (primary N) is 1. The Hall–Kier alpha value is -2.68. The molecule has 3 rings (SSSR count). The Labute approximate surface area is 141 Å². The van der Waals surface area contributed by atoms with Gasteiger partial charge in [0.1, 0.15) is 29.0 Å². The fourth-order valence-electron chi connectivity index (χ4n) is 2.21. The number of nitrogens with zero attached hydrogens (tertiary/aromatic N) is 2. The molecule has 0 aliphatic rings. The Bertz CT molecular complexity index is 931. The molecule has 7 heteroatoms. The number of aromatic hydroxyl groups is 1. The molecule has 0 amide bonds. The average Bonchev–Trinajstić information content (AvgIpc) is 3.04. The molecule has 0 unspecified atom stereocenters. The molecule has 5 nitrogen and oxygen atoms in total. The van der Waals surface area contributed by atoms with Crippen molar-refractivity contribution < 1.29 is 9.52 Å². The normalized spacial score (nSPS) is 10.5. The first-order valence-corrected chi connectivity index (χ1v) is 7.19. The van der Waals surface area contributed by atoms with Gasteiger partial charge in [-0.05, 0) is 30.3 Å². The Morgan fingerprint density at radius 2 is 2.00 bits per heavy atom. The molecule has 2 aromatic heterocycles. The molecule has 0 radical (unpaired) electrons. The number of nitrogen functional groups attached to an aromatic ring is 1. The molecule has 0 bridgehead atoms. The molecule has 0 atom stereocenters. The predicted octanol–water partition coefficient (Wildman–Crippen LogP) is 4.47. The molecule has 23 heavy (non-hydrogen) atoms. The quantitative estimate of drug-likeness (QED) is 0.713. The van der Waals surface area contributed by atoms with Crippen molar-refractivity contribution in [3.8, 4) is 34.4 Å². The summed E-state index contributed by atoms with van der Waals surface area (Å²) in [7, 11) is 0. The van der Waals surface area contributed by atoms with Gasteiger partial charge in [0.2, 0.25) is 0 Å². The zero-order valence-corrected chi connectivity index (χ0v) is 13.1. The van der Waals surface area contributed by atoms with E-state index in [2.05, 4.69) is 4.98 Å². The summed E-state index contributed by atoms with van der Waals surface area (Å²) < 4.78 is 5.34.